The average molecular weight is 411 g/mol. The predicted molar refractivity (Wildman–Crippen MR) is 120 cm³/mol. The molecule has 0 N–H and O–H groups in total. The molecule has 0 bridgehead atoms. The Bertz CT molecular complexity index is 453. The van der Waals surface area contributed by atoms with Crippen LogP contribution in [0.2, 0.25) is 0 Å². The molecule has 0 atom stereocenters. The number of unbranched alkanes of at least 4 members (excludes halogenated alkanes) is 16. The van der Waals surface area contributed by atoms with Crippen molar-refractivity contribution in [2.75, 3.05) is 0 Å². The van der Waals surface area contributed by atoms with Crippen LogP contribution in [-0.4, -0.2) is 4.57 Å². The van der Waals surface area contributed by atoms with Gasteiger partial charge in [-0.25, -0.2) is 9.13 Å². The van der Waals surface area contributed by atoms with E-state index < -0.39 is 0 Å². The first-order valence-electron chi connectivity index (χ1n) is 12.1. The van der Waals surface area contributed by atoms with Gasteiger partial charge in [0, 0.05) is 0 Å². The van der Waals surface area contributed by atoms with Gasteiger partial charge in [-0.2, -0.15) is 0 Å². The summed E-state index contributed by atoms with van der Waals surface area (Å²) in [6.45, 7) is 5.51. The molecule has 0 aliphatic carbocycles. The second kappa shape index (κ2) is 21.0. The Morgan fingerprint density at radius 3 is 1.57 bits per heavy atom. The lowest BCUT2D eigenvalue weighted by Crippen LogP contribution is -3.00. The second-order valence-corrected chi connectivity index (χ2v) is 8.17. The number of halogens is 1. The largest absolute Gasteiger partial charge is 1.00 e. The van der Waals surface area contributed by atoms with Crippen LogP contribution in [0.4, 0.5) is 0 Å². The van der Waals surface area contributed by atoms with Crippen molar-refractivity contribution in [2.24, 2.45) is 0 Å². The van der Waals surface area contributed by atoms with Crippen LogP contribution >= 0.6 is 0 Å². The normalized spacial score (nSPS) is 11.2. The maximum atomic E-state index is 2.31. The summed E-state index contributed by atoms with van der Waals surface area (Å²) in [4.78, 5) is 0. The molecule has 2 nitrogen and oxygen atoms in total. The van der Waals surface area contributed by atoms with Gasteiger partial charge in [0.25, 0.3) is 0 Å². The van der Waals surface area contributed by atoms with Crippen LogP contribution in [0, 0.1) is 0 Å². The molecule has 0 saturated carbocycles. The average Bonchev–Trinajstić information content (AvgIpc) is 3.15. The van der Waals surface area contributed by atoms with Gasteiger partial charge in [0.05, 0.1) is 12.7 Å². The van der Waals surface area contributed by atoms with Gasteiger partial charge in [0.2, 0.25) is 6.33 Å². The highest BCUT2D eigenvalue weighted by Crippen LogP contribution is 2.14. The molecule has 0 aliphatic rings. The van der Waals surface area contributed by atoms with Crippen LogP contribution < -0.4 is 17.0 Å². The molecule has 1 heterocycles. The van der Waals surface area contributed by atoms with E-state index in [4.69, 9.17) is 0 Å². The molecule has 0 amide bonds. The van der Waals surface area contributed by atoms with Gasteiger partial charge in [0.1, 0.15) is 12.4 Å². The van der Waals surface area contributed by atoms with E-state index in [2.05, 4.69) is 54.0 Å². The zero-order valence-electron chi connectivity index (χ0n) is 18.9. The molecule has 0 spiro atoms. The highest BCUT2D eigenvalue weighted by Gasteiger charge is 1.97. The molecule has 0 saturated heterocycles. The molecule has 0 aromatic carbocycles. The summed E-state index contributed by atoms with van der Waals surface area (Å²) in [5.74, 6) is 0. The number of aromatic nitrogens is 2. The van der Waals surface area contributed by atoms with Crippen LogP contribution in [0.5, 0.6) is 0 Å². The van der Waals surface area contributed by atoms with Crippen molar-refractivity contribution in [3.05, 3.63) is 24.8 Å². The van der Waals surface area contributed by atoms with Gasteiger partial charge in [-0.05, 0) is 25.8 Å². The lowest BCUT2D eigenvalue weighted by molar-refractivity contribution is -0.692. The quantitative estimate of drug-likeness (QED) is 0.226. The van der Waals surface area contributed by atoms with Crippen molar-refractivity contribution in [3.63, 3.8) is 0 Å². The first kappa shape index (κ1) is 27.2. The molecule has 1 aromatic heterocycles. The number of hydrogen-bond donors (Lipinski definition) is 0. The lowest BCUT2D eigenvalue weighted by atomic mass is 10.0. The predicted octanol–water partition coefficient (Wildman–Crippen LogP) is 4.92. The Labute approximate surface area is 182 Å². The van der Waals surface area contributed by atoms with Crippen molar-refractivity contribution < 1.29 is 17.0 Å². The van der Waals surface area contributed by atoms with Crippen molar-refractivity contribution in [1.29, 1.82) is 0 Å². The Morgan fingerprint density at radius 1 is 0.679 bits per heavy atom. The summed E-state index contributed by atoms with van der Waals surface area (Å²) < 4.78 is 4.34. The third-order valence-corrected chi connectivity index (χ3v) is 5.58. The lowest BCUT2D eigenvalue weighted by Gasteiger charge is -2.03. The fraction of sp³-hybridized carbons (Fsp3) is 0.800. The molecule has 0 unspecified atom stereocenters. The molecule has 3 heteroatoms. The molecule has 164 valence electrons. The second-order valence-electron chi connectivity index (χ2n) is 8.17. The standard InChI is InChI=1S/C25H47N2.ClH/c1-3-5-6-7-8-9-10-11-12-13-14-15-16-17-18-19-20-21-22-27-24-23-26(4-2)25-27;/h21-25H,3-20H2,1-2H3;1H/q+1;/p-1. The zero-order valence-corrected chi connectivity index (χ0v) is 19.6. The summed E-state index contributed by atoms with van der Waals surface area (Å²) in [6.07, 6.45) is 35.1. The Kier molecular flexibility index (Phi) is 20.4. The minimum atomic E-state index is 0. The van der Waals surface area contributed by atoms with E-state index in [0.717, 1.165) is 6.54 Å². The topological polar surface area (TPSA) is 8.81 Å². The summed E-state index contributed by atoms with van der Waals surface area (Å²) >= 11 is 0. The number of aryl methyl sites for hydroxylation is 1. The monoisotopic (exact) mass is 410 g/mol. The van der Waals surface area contributed by atoms with Gasteiger partial charge >= 0.3 is 0 Å². The van der Waals surface area contributed by atoms with Gasteiger partial charge < -0.3 is 12.4 Å². The van der Waals surface area contributed by atoms with E-state index in [9.17, 15) is 0 Å². The molecule has 0 aliphatic heterocycles. The number of hydrogen-bond acceptors (Lipinski definition) is 0. The van der Waals surface area contributed by atoms with Gasteiger partial charge in [-0.3, -0.25) is 0 Å². The molecule has 0 radical (unpaired) electrons. The van der Waals surface area contributed by atoms with Crippen molar-refractivity contribution in [2.45, 2.75) is 130 Å². The van der Waals surface area contributed by atoms with Gasteiger partial charge in [-0.15, -0.1) is 0 Å². The van der Waals surface area contributed by atoms with Crippen molar-refractivity contribution in [3.8, 4) is 0 Å². The van der Waals surface area contributed by atoms with E-state index >= 15 is 0 Å². The molecule has 1 rings (SSSR count). The highest BCUT2D eigenvalue weighted by molar-refractivity contribution is 5.19. The molecular weight excluding hydrogens is 364 g/mol. The van der Waals surface area contributed by atoms with E-state index in [0.29, 0.717) is 0 Å². The van der Waals surface area contributed by atoms with Crippen LogP contribution in [-0.2, 0) is 6.54 Å². The number of imidazole rings is 1. The van der Waals surface area contributed by atoms with Crippen LogP contribution in [0.3, 0.4) is 0 Å². The number of rotatable bonds is 19. The first-order valence-corrected chi connectivity index (χ1v) is 12.1. The fourth-order valence-corrected chi connectivity index (χ4v) is 3.69. The minimum absolute atomic E-state index is 0. The highest BCUT2D eigenvalue weighted by atomic mass is 35.5. The van der Waals surface area contributed by atoms with Gasteiger partial charge in [0.15, 0.2) is 0 Å². The van der Waals surface area contributed by atoms with Gasteiger partial charge in [-0.1, -0.05) is 103 Å². The third-order valence-electron chi connectivity index (χ3n) is 5.58. The number of nitrogens with zero attached hydrogens (tertiary/aromatic N) is 2. The maximum Gasteiger partial charge on any atom is 0.248 e. The SMILES string of the molecule is CCCCCCCCCCCCCCCCCCC=Cn1cc[n+](CC)c1.[Cl-]. The van der Waals surface area contributed by atoms with Crippen LogP contribution in [0.1, 0.15) is 123 Å². The van der Waals surface area contributed by atoms with E-state index in [1.807, 2.05) is 0 Å². The Balaban J connectivity index is 0.00000729. The molecular formula is C25H47ClN2. The maximum absolute atomic E-state index is 2.31. The Morgan fingerprint density at radius 2 is 1.14 bits per heavy atom. The van der Waals surface area contributed by atoms with E-state index in [1.54, 1.807) is 0 Å². The first-order chi connectivity index (χ1) is 13.4. The van der Waals surface area contributed by atoms with E-state index in [-0.39, 0.29) is 12.4 Å². The Hall–Kier alpha value is -0.760. The fourth-order valence-electron chi connectivity index (χ4n) is 3.69. The zero-order chi connectivity index (χ0) is 19.4. The van der Waals surface area contributed by atoms with Crippen LogP contribution in [0.15, 0.2) is 24.8 Å². The smallest absolute Gasteiger partial charge is 0.248 e. The van der Waals surface area contributed by atoms with Crippen molar-refractivity contribution >= 4 is 6.20 Å². The summed E-state index contributed by atoms with van der Waals surface area (Å²) in [5.41, 5.74) is 0. The molecule has 28 heavy (non-hydrogen) atoms. The van der Waals surface area contributed by atoms with E-state index in [1.165, 1.54) is 109 Å². The molecule has 0 fully saturated rings. The number of allylic oxidation sites excluding steroid dienone is 1. The minimum Gasteiger partial charge on any atom is -1.00 e. The summed E-state index contributed by atoms with van der Waals surface area (Å²) in [5, 5.41) is 0. The molecule has 1 aromatic rings. The third kappa shape index (κ3) is 16.2. The van der Waals surface area contributed by atoms with Crippen LogP contribution in [0.25, 0.3) is 6.20 Å². The summed E-state index contributed by atoms with van der Waals surface area (Å²) in [7, 11) is 0. The van der Waals surface area contributed by atoms with Crippen molar-refractivity contribution in [1.82, 2.24) is 4.57 Å². The summed E-state index contributed by atoms with van der Waals surface area (Å²) in [6, 6.07) is 0.